The van der Waals surface area contributed by atoms with Crippen LogP contribution in [0.2, 0.25) is 0 Å². The maximum atomic E-state index is 12.1. The molecule has 27 heavy (non-hydrogen) atoms. The zero-order valence-corrected chi connectivity index (χ0v) is 15.3. The van der Waals surface area contributed by atoms with E-state index in [1.54, 1.807) is 49.4 Å². The fraction of sp³-hybridized carbons (Fsp3) is 0.0500. The van der Waals surface area contributed by atoms with Crippen LogP contribution < -0.4 is 10.7 Å². The van der Waals surface area contributed by atoms with E-state index in [0.29, 0.717) is 16.3 Å². The molecule has 2 aromatic carbocycles. The Kier molecular flexibility index (Phi) is 5.63. The van der Waals surface area contributed by atoms with Gasteiger partial charge in [-0.25, -0.2) is 5.43 Å². The number of aromatic hydroxyl groups is 1. The number of carbonyl (C=O) groups excluding carboxylic acids is 2. The predicted octanol–water partition coefficient (Wildman–Crippen LogP) is 3.86. The molecule has 0 aliphatic heterocycles. The van der Waals surface area contributed by atoms with Crippen molar-refractivity contribution in [3.8, 4) is 5.75 Å². The molecule has 3 rings (SSSR count). The first-order chi connectivity index (χ1) is 13.0. The Bertz CT molecular complexity index is 980. The number of phenolic OH excluding ortho intramolecular Hbond substituents is 1. The van der Waals surface area contributed by atoms with Gasteiger partial charge in [0.05, 0.1) is 16.2 Å². The van der Waals surface area contributed by atoms with Crippen molar-refractivity contribution in [2.75, 3.05) is 5.32 Å². The Labute approximate surface area is 160 Å². The Balaban J connectivity index is 1.64. The van der Waals surface area contributed by atoms with Crippen LogP contribution in [0.5, 0.6) is 5.75 Å². The molecule has 0 aliphatic carbocycles. The summed E-state index contributed by atoms with van der Waals surface area (Å²) < 4.78 is 0. The summed E-state index contributed by atoms with van der Waals surface area (Å²) in [5.41, 5.74) is 4.63. The van der Waals surface area contributed by atoms with E-state index in [1.165, 1.54) is 23.5 Å². The molecule has 0 spiro atoms. The van der Waals surface area contributed by atoms with Gasteiger partial charge >= 0.3 is 0 Å². The summed E-state index contributed by atoms with van der Waals surface area (Å²) >= 11 is 1.38. The van der Waals surface area contributed by atoms with E-state index in [0.717, 1.165) is 5.56 Å². The number of thiophene rings is 1. The van der Waals surface area contributed by atoms with Crippen molar-refractivity contribution >= 4 is 34.6 Å². The van der Waals surface area contributed by atoms with Gasteiger partial charge in [0, 0.05) is 5.69 Å². The van der Waals surface area contributed by atoms with Crippen LogP contribution in [0, 0.1) is 0 Å². The lowest BCUT2D eigenvalue weighted by Gasteiger charge is -2.07. The molecule has 0 unspecified atom stereocenters. The van der Waals surface area contributed by atoms with Gasteiger partial charge in [-0.2, -0.15) is 5.10 Å². The SMILES string of the molecule is CC(=NNC(=O)c1ccccc1O)c1ccc(NC(=O)c2cccs2)cc1. The highest BCUT2D eigenvalue weighted by Gasteiger charge is 2.10. The summed E-state index contributed by atoms with van der Waals surface area (Å²) in [7, 11) is 0. The quantitative estimate of drug-likeness (QED) is 0.464. The number of rotatable bonds is 5. The van der Waals surface area contributed by atoms with Crippen LogP contribution in [0.1, 0.15) is 32.5 Å². The summed E-state index contributed by atoms with van der Waals surface area (Å²) in [5, 5.41) is 18.4. The molecule has 7 heteroatoms. The average Bonchev–Trinajstić information content (AvgIpc) is 3.22. The van der Waals surface area contributed by atoms with Gasteiger partial charge in [0.2, 0.25) is 0 Å². The van der Waals surface area contributed by atoms with Gasteiger partial charge in [-0.1, -0.05) is 30.3 Å². The van der Waals surface area contributed by atoms with E-state index in [9.17, 15) is 14.7 Å². The van der Waals surface area contributed by atoms with E-state index in [1.807, 2.05) is 11.4 Å². The second kappa shape index (κ2) is 8.29. The van der Waals surface area contributed by atoms with Gasteiger partial charge in [-0.15, -0.1) is 11.3 Å². The molecular weight excluding hydrogens is 362 g/mol. The van der Waals surface area contributed by atoms with E-state index in [4.69, 9.17) is 0 Å². The average molecular weight is 379 g/mol. The Hall–Kier alpha value is -3.45. The largest absolute Gasteiger partial charge is 0.507 e. The molecule has 0 aliphatic rings. The molecule has 0 saturated carbocycles. The van der Waals surface area contributed by atoms with Gasteiger partial charge in [-0.05, 0) is 48.2 Å². The molecule has 1 aromatic heterocycles. The second-order valence-electron chi connectivity index (χ2n) is 5.66. The number of hydrogen-bond acceptors (Lipinski definition) is 5. The number of phenols is 1. The third kappa shape index (κ3) is 4.59. The summed E-state index contributed by atoms with van der Waals surface area (Å²) in [5.74, 6) is -0.751. The van der Waals surface area contributed by atoms with Crippen LogP contribution in [0.4, 0.5) is 5.69 Å². The molecule has 0 saturated heterocycles. The maximum Gasteiger partial charge on any atom is 0.275 e. The first-order valence-electron chi connectivity index (χ1n) is 8.12. The molecule has 0 bridgehead atoms. The zero-order valence-electron chi connectivity index (χ0n) is 14.5. The zero-order chi connectivity index (χ0) is 19.2. The number of nitrogens with zero attached hydrogens (tertiary/aromatic N) is 1. The second-order valence-corrected chi connectivity index (χ2v) is 6.61. The van der Waals surface area contributed by atoms with Gasteiger partial charge < -0.3 is 10.4 Å². The Morgan fingerprint density at radius 2 is 1.70 bits per heavy atom. The molecule has 0 fully saturated rings. The van der Waals surface area contributed by atoms with Gasteiger partial charge in [0.1, 0.15) is 5.75 Å². The van der Waals surface area contributed by atoms with Crippen molar-refractivity contribution in [1.82, 2.24) is 5.43 Å². The monoisotopic (exact) mass is 379 g/mol. The van der Waals surface area contributed by atoms with E-state index < -0.39 is 5.91 Å². The van der Waals surface area contributed by atoms with Crippen LogP contribution in [-0.2, 0) is 0 Å². The third-order valence-electron chi connectivity index (χ3n) is 3.78. The number of para-hydroxylation sites is 1. The minimum atomic E-state index is -0.493. The van der Waals surface area contributed by atoms with E-state index >= 15 is 0 Å². The molecule has 1 heterocycles. The standard InChI is InChI=1S/C20H17N3O3S/c1-13(22-23-19(25)16-5-2-3-6-17(16)24)14-8-10-15(11-9-14)21-20(26)18-7-4-12-27-18/h2-12,24H,1H3,(H,21,26)(H,23,25). The summed E-state index contributed by atoms with van der Waals surface area (Å²) in [6, 6.07) is 17.0. The number of hydrogen-bond donors (Lipinski definition) is 3. The number of amides is 2. The van der Waals surface area contributed by atoms with Crippen molar-refractivity contribution in [2.24, 2.45) is 5.10 Å². The highest BCUT2D eigenvalue weighted by molar-refractivity contribution is 7.12. The minimum absolute atomic E-state index is 0.103. The molecular formula is C20H17N3O3S. The number of benzene rings is 2. The molecule has 6 nitrogen and oxygen atoms in total. The predicted molar refractivity (Wildman–Crippen MR) is 106 cm³/mol. The Morgan fingerprint density at radius 1 is 0.963 bits per heavy atom. The lowest BCUT2D eigenvalue weighted by molar-refractivity contribution is 0.0951. The van der Waals surface area contributed by atoms with E-state index in [2.05, 4.69) is 15.8 Å². The number of carbonyl (C=O) groups is 2. The first kappa shape index (κ1) is 18.3. The number of hydrazone groups is 1. The highest BCUT2D eigenvalue weighted by atomic mass is 32.1. The topological polar surface area (TPSA) is 90.8 Å². The lowest BCUT2D eigenvalue weighted by Crippen LogP contribution is -2.19. The molecule has 3 aromatic rings. The van der Waals surface area contributed by atoms with Crippen molar-refractivity contribution in [3.63, 3.8) is 0 Å². The minimum Gasteiger partial charge on any atom is -0.507 e. The Morgan fingerprint density at radius 3 is 2.37 bits per heavy atom. The third-order valence-corrected chi connectivity index (χ3v) is 4.65. The molecule has 0 radical (unpaired) electrons. The van der Waals surface area contributed by atoms with Gasteiger partial charge in [-0.3, -0.25) is 9.59 Å². The number of anilines is 1. The van der Waals surface area contributed by atoms with Crippen molar-refractivity contribution < 1.29 is 14.7 Å². The van der Waals surface area contributed by atoms with E-state index in [-0.39, 0.29) is 17.2 Å². The molecule has 136 valence electrons. The van der Waals surface area contributed by atoms with Crippen LogP contribution in [-0.4, -0.2) is 22.6 Å². The summed E-state index contributed by atoms with van der Waals surface area (Å²) in [6.07, 6.45) is 0. The van der Waals surface area contributed by atoms with Crippen molar-refractivity contribution in [1.29, 1.82) is 0 Å². The lowest BCUT2D eigenvalue weighted by atomic mass is 10.1. The normalized spacial score (nSPS) is 11.1. The van der Waals surface area contributed by atoms with Crippen LogP contribution >= 0.6 is 11.3 Å². The van der Waals surface area contributed by atoms with Crippen LogP contribution in [0.25, 0.3) is 0 Å². The van der Waals surface area contributed by atoms with Crippen molar-refractivity contribution in [2.45, 2.75) is 6.92 Å². The molecule has 2 amide bonds. The van der Waals surface area contributed by atoms with Gasteiger partial charge in [0.25, 0.3) is 11.8 Å². The molecule has 3 N–H and O–H groups in total. The maximum absolute atomic E-state index is 12.1. The smallest absolute Gasteiger partial charge is 0.275 e. The fourth-order valence-electron chi connectivity index (χ4n) is 2.32. The molecule has 0 atom stereocenters. The van der Waals surface area contributed by atoms with Crippen LogP contribution in [0.15, 0.2) is 71.1 Å². The highest BCUT2D eigenvalue weighted by Crippen LogP contribution is 2.16. The fourth-order valence-corrected chi connectivity index (χ4v) is 2.94. The van der Waals surface area contributed by atoms with Gasteiger partial charge in [0.15, 0.2) is 0 Å². The summed E-state index contributed by atoms with van der Waals surface area (Å²) in [6.45, 7) is 1.75. The van der Waals surface area contributed by atoms with Crippen molar-refractivity contribution in [3.05, 3.63) is 82.0 Å². The van der Waals surface area contributed by atoms with Crippen LogP contribution in [0.3, 0.4) is 0 Å². The first-order valence-corrected chi connectivity index (χ1v) is 9.00. The summed E-state index contributed by atoms with van der Waals surface area (Å²) in [4.78, 5) is 24.7. The number of nitrogens with one attached hydrogen (secondary N) is 2.